The summed E-state index contributed by atoms with van der Waals surface area (Å²) in [7, 11) is 1.67. The van der Waals surface area contributed by atoms with Gasteiger partial charge < -0.3 is 14.9 Å². The first-order valence-electron chi connectivity index (χ1n) is 8.92. The molecule has 2 aromatic rings. The molecule has 1 unspecified atom stereocenters. The second-order valence-electron chi connectivity index (χ2n) is 7.20. The summed E-state index contributed by atoms with van der Waals surface area (Å²) < 4.78 is 0. The fraction of sp³-hybridized carbons (Fsp3) is 0.421. The number of carbonyl (C=O) groups is 3. The van der Waals surface area contributed by atoms with Gasteiger partial charge >= 0.3 is 5.97 Å². The first-order chi connectivity index (χ1) is 12.9. The number of benzene rings is 1. The summed E-state index contributed by atoms with van der Waals surface area (Å²) in [5.41, 5.74) is 1.21. The highest BCUT2D eigenvalue weighted by molar-refractivity contribution is 5.97. The molecule has 2 amide bonds. The van der Waals surface area contributed by atoms with E-state index in [4.69, 9.17) is 0 Å². The number of fused-ring (bicyclic) bond motifs is 1. The maximum Gasteiger partial charge on any atom is 0.309 e. The number of aliphatic carboxylic acids is 1. The van der Waals surface area contributed by atoms with Gasteiger partial charge in [-0.2, -0.15) is 0 Å². The van der Waals surface area contributed by atoms with E-state index in [1.807, 2.05) is 0 Å². The molecule has 1 spiro atoms. The number of nitrogens with zero attached hydrogens (tertiary/aromatic N) is 4. The molecule has 2 aliphatic rings. The third-order valence-corrected chi connectivity index (χ3v) is 6.00. The number of piperidine rings is 1. The van der Waals surface area contributed by atoms with E-state index in [9.17, 15) is 19.5 Å². The lowest BCUT2D eigenvalue weighted by Gasteiger charge is -2.45. The van der Waals surface area contributed by atoms with Gasteiger partial charge in [0.1, 0.15) is 0 Å². The molecule has 0 radical (unpaired) electrons. The van der Waals surface area contributed by atoms with Crippen molar-refractivity contribution in [2.24, 2.45) is 5.92 Å². The molecule has 8 heteroatoms. The predicted octanol–water partition coefficient (Wildman–Crippen LogP) is 1.17. The van der Waals surface area contributed by atoms with Crippen LogP contribution in [0.2, 0.25) is 0 Å². The molecule has 140 valence electrons. The van der Waals surface area contributed by atoms with Crippen LogP contribution >= 0.6 is 0 Å². The molecule has 1 aromatic heterocycles. The first-order valence-corrected chi connectivity index (χ1v) is 8.92. The number of carbonyl (C=O) groups excluding carboxylic acids is 2. The van der Waals surface area contributed by atoms with Crippen molar-refractivity contribution in [1.82, 2.24) is 19.8 Å². The van der Waals surface area contributed by atoms with E-state index in [0.717, 1.165) is 5.52 Å². The number of carboxylic acid groups (broad SMARTS) is 1. The van der Waals surface area contributed by atoms with Gasteiger partial charge in [-0.15, -0.1) is 0 Å². The smallest absolute Gasteiger partial charge is 0.309 e. The Labute approximate surface area is 155 Å². The van der Waals surface area contributed by atoms with E-state index in [1.54, 1.807) is 47.4 Å². The summed E-state index contributed by atoms with van der Waals surface area (Å²) in [6, 6.07) is 5.22. The summed E-state index contributed by atoms with van der Waals surface area (Å²) >= 11 is 0. The van der Waals surface area contributed by atoms with Gasteiger partial charge in [0.15, 0.2) is 0 Å². The molecule has 0 saturated carbocycles. The van der Waals surface area contributed by atoms with Crippen LogP contribution in [0, 0.1) is 5.92 Å². The predicted molar refractivity (Wildman–Crippen MR) is 95.9 cm³/mol. The van der Waals surface area contributed by atoms with E-state index in [0.29, 0.717) is 37.0 Å². The monoisotopic (exact) mass is 368 g/mol. The van der Waals surface area contributed by atoms with Crippen molar-refractivity contribution in [2.45, 2.75) is 24.8 Å². The lowest BCUT2D eigenvalue weighted by Crippen LogP contribution is -2.56. The summed E-state index contributed by atoms with van der Waals surface area (Å²) in [6.07, 6.45) is 4.15. The third-order valence-electron chi connectivity index (χ3n) is 6.00. The topological polar surface area (TPSA) is 104 Å². The number of aromatic nitrogens is 2. The Morgan fingerprint density at radius 2 is 1.81 bits per heavy atom. The highest BCUT2D eigenvalue weighted by atomic mass is 16.4. The summed E-state index contributed by atoms with van der Waals surface area (Å²) in [5.74, 6) is -1.92. The number of carboxylic acids is 1. The molecular weight excluding hydrogens is 348 g/mol. The molecule has 2 saturated heterocycles. The Hall–Kier alpha value is -3.03. The van der Waals surface area contributed by atoms with Gasteiger partial charge in [0.05, 0.1) is 22.5 Å². The Kier molecular flexibility index (Phi) is 4.05. The van der Waals surface area contributed by atoms with Crippen molar-refractivity contribution in [3.63, 3.8) is 0 Å². The molecule has 1 aromatic carbocycles. The maximum atomic E-state index is 12.9. The van der Waals surface area contributed by atoms with E-state index in [2.05, 4.69) is 9.97 Å². The van der Waals surface area contributed by atoms with Crippen LogP contribution < -0.4 is 0 Å². The van der Waals surface area contributed by atoms with E-state index in [1.165, 1.54) is 0 Å². The zero-order valence-corrected chi connectivity index (χ0v) is 15.0. The molecule has 1 atom stereocenters. The Morgan fingerprint density at radius 3 is 2.48 bits per heavy atom. The molecule has 3 heterocycles. The van der Waals surface area contributed by atoms with Crippen LogP contribution in [-0.2, 0) is 9.59 Å². The SMILES string of the molecule is CN1C(=O)CC(C(=O)O)C12CCN(C(=O)c1ccc3nccnc3c1)CC2. The summed E-state index contributed by atoms with van der Waals surface area (Å²) in [4.78, 5) is 48.4. The zero-order chi connectivity index (χ0) is 19.2. The van der Waals surface area contributed by atoms with Crippen molar-refractivity contribution in [1.29, 1.82) is 0 Å². The van der Waals surface area contributed by atoms with Gasteiger partial charge in [-0.05, 0) is 31.0 Å². The van der Waals surface area contributed by atoms with Crippen molar-refractivity contribution in [3.8, 4) is 0 Å². The molecule has 0 bridgehead atoms. The summed E-state index contributed by atoms with van der Waals surface area (Å²) in [6.45, 7) is 0.831. The number of rotatable bonds is 2. The molecule has 27 heavy (non-hydrogen) atoms. The number of hydrogen-bond acceptors (Lipinski definition) is 5. The van der Waals surface area contributed by atoms with Crippen LogP contribution in [0.5, 0.6) is 0 Å². The zero-order valence-electron chi connectivity index (χ0n) is 15.0. The Balaban J connectivity index is 1.53. The second-order valence-corrected chi connectivity index (χ2v) is 7.20. The van der Waals surface area contributed by atoms with Gasteiger partial charge in [-0.3, -0.25) is 24.4 Å². The van der Waals surface area contributed by atoms with Crippen LogP contribution in [0.25, 0.3) is 11.0 Å². The lowest BCUT2D eigenvalue weighted by molar-refractivity contribution is -0.145. The van der Waals surface area contributed by atoms with Crippen molar-refractivity contribution >= 4 is 28.8 Å². The van der Waals surface area contributed by atoms with Gasteiger partial charge in [0, 0.05) is 44.5 Å². The standard InChI is InChI=1S/C19H20N4O4/c1-22-16(24)11-13(18(26)27)19(22)4-8-23(9-5-19)17(25)12-2-3-14-15(10-12)21-7-6-20-14/h2-3,6-7,10,13H,4-5,8-9,11H2,1H3,(H,26,27). The minimum Gasteiger partial charge on any atom is -0.481 e. The molecule has 1 N–H and O–H groups in total. The van der Waals surface area contributed by atoms with Crippen molar-refractivity contribution in [2.75, 3.05) is 20.1 Å². The van der Waals surface area contributed by atoms with Crippen LogP contribution in [0.1, 0.15) is 29.6 Å². The first kappa shape index (κ1) is 17.4. The normalized spacial score (nSPS) is 21.8. The van der Waals surface area contributed by atoms with Crippen molar-refractivity contribution < 1.29 is 19.5 Å². The largest absolute Gasteiger partial charge is 0.481 e. The quantitative estimate of drug-likeness (QED) is 0.853. The Morgan fingerprint density at radius 1 is 1.15 bits per heavy atom. The minimum absolute atomic E-state index is 0.0309. The van der Waals surface area contributed by atoms with Gasteiger partial charge in [-0.1, -0.05) is 0 Å². The van der Waals surface area contributed by atoms with Crippen LogP contribution in [0.3, 0.4) is 0 Å². The molecular formula is C19H20N4O4. The summed E-state index contributed by atoms with van der Waals surface area (Å²) in [5, 5.41) is 9.55. The van der Waals surface area contributed by atoms with Gasteiger partial charge in [-0.25, -0.2) is 0 Å². The van der Waals surface area contributed by atoms with Crippen molar-refractivity contribution in [3.05, 3.63) is 36.2 Å². The third kappa shape index (κ3) is 2.72. The van der Waals surface area contributed by atoms with Crippen LogP contribution in [0.15, 0.2) is 30.6 Å². The molecule has 4 rings (SSSR count). The highest BCUT2D eigenvalue weighted by Gasteiger charge is 2.55. The fourth-order valence-electron chi connectivity index (χ4n) is 4.36. The second kappa shape index (κ2) is 6.29. The van der Waals surface area contributed by atoms with Gasteiger partial charge in [0.25, 0.3) is 5.91 Å². The van der Waals surface area contributed by atoms with E-state index in [-0.39, 0.29) is 18.2 Å². The van der Waals surface area contributed by atoms with Crippen LogP contribution in [0.4, 0.5) is 0 Å². The van der Waals surface area contributed by atoms with Crippen LogP contribution in [-0.4, -0.2) is 68.3 Å². The maximum absolute atomic E-state index is 12.9. The number of hydrogen-bond donors (Lipinski definition) is 1. The van der Waals surface area contributed by atoms with E-state index < -0.39 is 17.4 Å². The number of amides is 2. The molecule has 2 aliphatic heterocycles. The lowest BCUT2D eigenvalue weighted by atomic mass is 9.77. The number of likely N-dealkylation sites (tertiary alicyclic amines) is 2. The Bertz CT molecular complexity index is 936. The minimum atomic E-state index is -0.944. The average Bonchev–Trinajstić information content (AvgIpc) is 2.93. The molecule has 2 fully saturated rings. The average molecular weight is 368 g/mol. The highest BCUT2D eigenvalue weighted by Crippen LogP contribution is 2.43. The van der Waals surface area contributed by atoms with E-state index >= 15 is 0 Å². The van der Waals surface area contributed by atoms with Gasteiger partial charge in [0.2, 0.25) is 5.91 Å². The fourth-order valence-corrected chi connectivity index (χ4v) is 4.36. The molecule has 8 nitrogen and oxygen atoms in total. The molecule has 0 aliphatic carbocycles.